The molecule has 2 nitrogen and oxygen atoms in total. The van der Waals surface area contributed by atoms with Gasteiger partial charge in [-0.05, 0) is 58.0 Å². The van der Waals surface area contributed by atoms with Gasteiger partial charge in [-0.15, -0.1) is 0 Å². The normalized spacial score (nSPS) is 36.7. The molecule has 2 saturated heterocycles. The van der Waals surface area contributed by atoms with Crippen molar-refractivity contribution in [1.82, 2.24) is 10.2 Å². The van der Waals surface area contributed by atoms with Crippen LogP contribution in [0.15, 0.2) is 0 Å². The third-order valence-electron chi connectivity index (χ3n) is 4.73. The van der Waals surface area contributed by atoms with Crippen LogP contribution in [0.1, 0.15) is 58.8 Å². The maximum absolute atomic E-state index is 3.64. The van der Waals surface area contributed by atoms with Gasteiger partial charge in [0.25, 0.3) is 0 Å². The highest BCUT2D eigenvalue weighted by Crippen LogP contribution is 2.24. The van der Waals surface area contributed by atoms with Crippen molar-refractivity contribution in [2.75, 3.05) is 19.6 Å². The lowest BCUT2D eigenvalue weighted by Crippen LogP contribution is -2.49. The first kappa shape index (κ1) is 13.4. The van der Waals surface area contributed by atoms with Crippen molar-refractivity contribution in [3.63, 3.8) is 0 Å². The minimum atomic E-state index is 0.742. The number of likely N-dealkylation sites (tertiary alicyclic amines) is 1. The number of hydrogen-bond donors (Lipinski definition) is 1. The molecule has 3 atom stereocenters. The Kier molecular flexibility index (Phi) is 5.30. The molecule has 2 aliphatic heterocycles. The summed E-state index contributed by atoms with van der Waals surface area (Å²) in [5.74, 6) is 1.01. The lowest BCUT2D eigenvalue weighted by Gasteiger charge is -2.36. The molecule has 2 heterocycles. The van der Waals surface area contributed by atoms with Gasteiger partial charge in [0.1, 0.15) is 0 Å². The Hall–Kier alpha value is -0.0800. The zero-order chi connectivity index (χ0) is 12.1. The molecule has 3 unspecified atom stereocenters. The van der Waals surface area contributed by atoms with E-state index in [0.717, 1.165) is 18.0 Å². The monoisotopic (exact) mass is 238 g/mol. The summed E-state index contributed by atoms with van der Waals surface area (Å²) in [5, 5.41) is 3.64. The van der Waals surface area contributed by atoms with E-state index in [4.69, 9.17) is 0 Å². The van der Waals surface area contributed by atoms with Gasteiger partial charge in [-0.2, -0.15) is 0 Å². The summed E-state index contributed by atoms with van der Waals surface area (Å²) in [4.78, 5) is 2.77. The summed E-state index contributed by atoms with van der Waals surface area (Å²) >= 11 is 0. The fourth-order valence-corrected chi connectivity index (χ4v) is 3.55. The lowest BCUT2D eigenvalue weighted by atomic mass is 9.96. The molecule has 0 aliphatic carbocycles. The van der Waals surface area contributed by atoms with Gasteiger partial charge >= 0.3 is 0 Å². The van der Waals surface area contributed by atoms with Crippen LogP contribution >= 0.6 is 0 Å². The predicted octanol–water partition coefficient (Wildman–Crippen LogP) is 3.03. The summed E-state index contributed by atoms with van der Waals surface area (Å²) in [6, 6.07) is 1.57. The van der Waals surface area contributed by atoms with Crippen LogP contribution in [0, 0.1) is 5.92 Å². The molecule has 2 fully saturated rings. The third-order valence-corrected chi connectivity index (χ3v) is 4.73. The maximum Gasteiger partial charge on any atom is 0.0221 e. The third kappa shape index (κ3) is 3.96. The number of nitrogens with one attached hydrogen (secondary N) is 1. The molecule has 0 saturated carbocycles. The van der Waals surface area contributed by atoms with Crippen molar-refractivity contribution >= 4 is 0 Å². The second-order valence-corrected chi connectivity index (χ2v) is 6.16. The average molecular weight is 238 g/mol. The minimum Gasteiger partial charge on any atom is -0.313 e. The van der Waals surface area contributed by atoms with Crippen molar-refractivity contribution in [2.24, 2.45) is 5.92 Å². The molecule has 100 valence electrons. The first-order chi connectivity index (χ1) is 8.29. The standard InChI is InChI=1S/C15H30N2/c1-3-5-14-6-4-10-17(11-9-14)15-8-7-13(2)16-12-15/h13-16H,3-12H2,1-2H3. The molecule has 0 amide bonds. The Labute approximate surface area is 107 Å². The van der Waals surface area contributed by atoms with Crippen molar-refractivity contribution < 1.29 is 0 Å². The molecule has 0 aromatic heterocycles. The highest BCUT2D eigenvalue weighted by molar-refractivity contribution is 4.83. The van der Waals surface area contributed by atoms with E-state index in [9.17, 15) is 0 Å². The SMILES string of the molecule is CCCC1CCCN(C2CCC(C)NC2)CC1. The van der Waals surface area contributed by atoms with Crippen molar-refractivity contribution in [3.05, 3.63) is 0 Å². The Balaban J connectivity index is 1.78. The van der Waals surface area contributed by atoms with E-state index < -0.39 is 0 Å². The first-order valence-corrected chi connectivity index (χ1v) is 7.77. The number of hydrogen-bond acceptors (Lipinski definition) is 2. The molecule has 0 spiro atoms. The maximum atomic E-state index is 3.64. The van der Waals surface area contributed by atoms with Gasteiger partial charge in [0, 0.05) is 18.6 Å². The van der Waals surface area contributed by atoms with Gasteiger partial charge in [-0.3, -0.25) is 4.90 Å². The molecule has 0 aromatic carbocycles. The van der Waals surface area contributed by atoms with Crippen LogP contribution in [0.2, 0.25) is 0 Å². The number of rotatable bonds is 3. The van der Waals surface area contributed by atoms with E-state index in [1.165, 1.54) is 64.6 Å². The summed E-state index contributed by atoms with van der Waals surface area (Å²) in [6.45, 7) is 8.57. The Morgan fingerprint density at radius 3 is 2.71 bits per heavy atom. The van der Waals surface area contributed by atoms with E-state index >= 15 is 0 Å². The quantitative estimate of drug-likeness (QED) is 0.813. The second-order valence-electron chi connectivity index (χ2n) is 6.16. The van der Waals surface area contributed by atoms with Gasteiger partial charge in [0.05, 0.1) is 0 Å². The highest BCUT2D eigenvalue weighted by atomic mass is 15.2. The smallest absolute Gasteiger partial charge is 0.0221 e. The predicted molar refractivity (Wildman–Crippen MR) is 74.3 cm³/mol. The zero-order valence-electron chi connectivity index (χ0n) is 11.8. The zero-order valence-corrected chi connectivity index (χ0v) is 11.8. The number of piperidine rings is 1. The largest absolute Gasteiger partial charge is 0.313 e. The fraction of sp³-hybridized carbons (Fsp3) is 1.00. The van der Waals surface area contributed by atoms with E-state index in [2.05, 4.69) is 24.1 Å². The highest BCUT2D eigenvalue weighted by Gasteiger charge is 2.25. The Morgan fingerprint density at radius 1 is 1.12 bits per heavy atom. The van der Waals surface area contributed by atoms with Gasteiger partial charge < -0.3 is 5.32 Å². The van der Waals surface area contributed by atoms with Crippen LogP contribution in [0.4, 0.5) is 0 Å². The molecule has 1 N–H and O–H groups in total. The topological polar surface area (TPSA) is 15.3 Å². The van der Waals surface area contributed by atoms with Gasteiger partial charge in [-0.25, -0.2) is 0 Å². The van der Waals surface area contributed by atoms with E-state index in [0.29, 0.717) is 0 Å². The second kappa shape index (κ2) is 6.75. The summed E-state index contributed by atoms with van der Waals surface area (Å²) in [6.07, 6.45) is 9.94. The van der Waals surface area contributed by atoms with Crippen molar-refractivity contribution in [1.29, 1.82) is 0 Å². The van der Waals surface area contributed by atoms with E-state index in [1.807, 2.05) is 0 Å². The Bertz CT molecular complexity index is 209. The van der Waals surface area contributed by atoms with Crippen LogP contribution in [0.25, 0.3) is 0 Å². The molecular formula is C15H30N2. The van der Waals surface area contributed by atoms with Gasteiger partial charge in [0.2, 0.25) is 0 Å². The minimum absolute atomic E-state index is 0.742. The lowest BCUT2D eigenvalue weighted by molar-refractivity contribution is 0.157. The van der Waals surface area contributed by atoms with E-state index in [1.54, 1.807) is 0 Å². The van der Waals surface area contributed by atoms with Crippen LogP contribution in [-0.4, -0.2) is 36.6 Å². The van der Waals surface area contributed by atoms with Gasteiger partial charge in [-0.1, -0.05) is 19.8 Å². The van der Waals surface area contributed by atoms with E-state index in [-0.39, 0.29) is 0 Å². The van der Waals surface area contributed by atoms with Crippen LogP contribution < -0.4 is 5.32 Å². The fourth-order valence-electron chi connectivity index (χ4n) is 3.55. The number of nitrogens with zero attached hydrogens (tertiary/aromatic N) is 1. The Morgan fingerprint density at radius 2 is 2.00 bits per heavy atom. The van der Waals surface area contributed by atoms with Crippen LogP contribution in [0.5, 0.6) is 0 Å². The molecule has 2 rings (SSSR count). The molecule has 0 aromatic rings. The molecule has 2 heteroatoms. The van der Waals surface area contributed by atoms with Crippen LogP contribution in [0.3, 0.4) is 0 Å². The summed E-state index contributed by atoms with van der Waals surface area (Å²) < 4.78 is 0. The molecule has 17 heavy (non-hydrogen) atoms. The van der Waals surface area contributed by atoms with Crippen molar-refractivity contribution in [2.45, 2.75) is 70.9 Å². The van der Waals surface area contributed by atoms with Crippen molar-refractivity contribution in [3.8, 4) is 0 Å². The summed E-state index contributed by atoms with van der Waals surface area (Å²) in [5.41, 5.74) is 0. The molecule has 2 aliphatic rings. The van der Waals surface area contributed by atoms with Gasteiger partial charge in [0.15, 0.2) is 0 Å². The summed E-state index contributed by atoms with van der Waals surface area (Å²) in [7, 11) is 0. The average Bonchev–Trinajstić information content (AvgIpc) is 2.56. The molecule has 0 bridgehead atoms. The molecule has 0 radical (unpaired) electrons. The van der Waals surface area contributed by atoms with Crippen LogP contribution in [-0.2, 0) is 0 Å². The first-order valence-electron chi connectivity index (χ1n) is 7.77. The molecular weight excluding hydrogens is 208 g/mol.